The summed E-state index contributed by atoms with van der Waals surface area (Å²) in [6.07, 6.45) is 6.68. The summed E-state index contributed by atoms with van der Waals surface area (Å²) in [6.45, 7) is 2.39. The number of carbonyl (C=O) groups is 1. The first-order chi connectivity index (χ1) is 8.31. The lowest BCUT2D eigenvalue weighted by Crippen LogP contribution is -2.24. The van der Waals surface area contributed by atoms with E-state index in [1.165, 1.54) is 11.1 Å². The SMILES string of the molecule is C#CCCCNC(=O)c1ccc2c(c1)CNC2. The van der Waals surface area contributed by atoms with E-state index < -0.39 is 0 Å². The lowest BCUT2D eigenvalue weighted by Gasteiger charge is -2.05. The first-order valence-corrected chi connectivity index (χ1v) is 5.85. The van der Waals surface area contributed by atoms with E-state index in [-0.39, 0.29) is 5.91 Å². The highest BCUT2D eigenvalue weighted by Crippen LogP contribution is 2.16. The minimum Gasteiger partial charge on any atom is -0.352 e. The Morgan fingerprint density at radius 3 is 3.06 bits per heavy atom. The highest BCUT2D eigenvalue weighted by atomic mass is 16.1. The number of nitrogens with one attached hydrogen (secondary N) is 2. The molecule has 0 saturated carbocycles. The molecule has 0 aliphatic carbocycles. The summed E-state index contributed by atoms with van der Waals surface area (Å²) in [4.78, 5) is 11.8. The van der Waals surface area contributed by atoms with Crippen molar-refractivity contribution in [1.82, 2.24) is 10.6 Å². The molecule has 1 aromatic carbocycles. The van der Waals surface area contributed by atoms with Gasteiger partial charge >= 0.3 is 0 Å². The van der Waals surface area contributed by atoms with Gasteiger partial charge in [0.05, 0.1) is 0 Å². The Kier molecular flexibility index (Phi) is 3.79. The molecule has 2 N–H and O–H groups in total. The third kappa shape index (κ3) is 2.86. The summed E-state index contributed by atoms with van der Waals surface area (Å²) in [5, 5.41) is 6.13. The zero-order chi connectivity index (χ0) is 12.1. The minimum atomic E-state index is -0.0169. The molecular weight excluding hydrogens is 212 g/mol. The van der Waals surface area contributed by atoms with Gasteiger partial charge in [-0.2, -0.15) is 0 Å². The molecule has 0 aromatic heterocycles. The van der Waals surface area contributed by atoms with Crippen molar-refractivity contribution in [1.29, 1.82) is 0 Å². The zero-order valence-electron chi connectivity index (χ0n) is 9.75. The van der Waals surface area contributed by atoms with Crippen molar-refractivity contribution in [3.8, 4) is 12.3 Å². The van der Waals surface area contributed by atoms with Crippen molar-refractivity contribution < 1.29 is 4.79 Å². The number of hydrogen-bond donors (Lipinski definition) is 2. The van der Waals surface area contributed by atoms with E-state index in [0.717, 1.165) is 25.1 Å². The van der Waals surface area contributed by atoms with E-state index in [1.54, 1.807) is 0 Å². The molecule has 1 aromatic rings. The second kappa shape index (κ2) is 5.51. The lowest BCUT2D eigenvalue weighted by molar-refractivity contribution is 0.0953. The van der Waals surface area contributed by atoms with Crippen LogP contribution in [0.5, 0.6) is 0 Å². The number of fused-ring (bicyclic) bond motifs is 1. The van der Waals surface area contributed by atoms with Crippen LogP contribution in [0.4, 0.5) is 0 Å². The fourth-order valence-corrected chi connectivity index (χ4v) is 1.93. The van der Waals surface area contributed by atoms with Crippen LogP contribution < -0.4 is 10.6 Å². The van der Waals surface area contributed by atoms with Crippen molar-refractivity contribution in [3.63, 3.8) is 0 Å². The molecule has 0 unspecified atom stereocenters. The summed E-state index contributed by atoms with van der Waals surface area (Å²) in [5.74, 6) is 2.54. The molecule has 17 heavy (non-hydrogen) atoms. The van der Waals surface area contributed by atoms with Crippen molar-refractivity contribution in [2.24, 2.45) is 0 Å². The van der Waals surface area contributed by atoms with Gasteiger partial charge in [0, 0.05) is 31.6 Å². The Labute approximate surface area is 102 Å². The predicted octanol–water partition coefficient (Wildman–Crippen LogP) is 1.43. The van der Waals surface area contributed by atoms with E-state index in [2.05, 4.69) is 16.6 Å². The molecule has 88 valence electrons. The molecule has 1 heterocycles. The van der Waals surface area contributed by atoms with E-state index in [0.29, 0.717) is 13.0 Å². The Morgan fingerprint density at radius 1 is 1.41 bits per heavy atom. The van der Waals surface area contributed by atoms with Crippen LogP contribution in [-0.2, 0) is 13.1 Å². The summed E-state index contributed by atoms with van der Waals surface area (Å²) >= 11 is 0. The average molecular weight is 228 g/mol. The standard InChI is InChI=1S/C14H16N2O/c1-2-3-4-7-16-14(17)11-5-6-12-9-15-10-13(12)8-11/h1,5-6,8,15H,3-4,7,9-10H2,(H,16,17). The number of terminal acetylenes is 1. The van der Waals surface area contributed by atoms with Crippen LogP contribution in [0.15, 0.2) is 18.2 Å². The maximum atomic E-state index is 11.8. The van der Waals surface area contributed by atoms with Gasteiger partial charge in [-0.05, 0) is 29.7 Å². The van der Waals surface area contributed by atoms with Gasteiger partial charge in [-0.1, -0.05) is 6.07 Å². The first-order valence-electron chi connectivity index (χ1n) is 5.85. The monoisotopic (exact) mass is 228 g/mol. The maximum Gasteiger partial charge on any atom is 0.251 e. The van der Waals surface area contributed by atoms with Crippen LogP contribution in [0.1, 0.15) is 34.3 Å². The van der Waals surface area contributed by atoms with Crippen LogP contribution in [0.3, 0.4) is 0 Å². The quantitative estimate of drug-likeness (QED) is 0.604. The largest absolute Gasteiger partial charge is 0.352 e. The Hall–Kier alpha value is -1.79. The van der Waals surface area contributed by atoms with Crippen LogP contribution >= 0.6 is 0 Å². The van der Waals surface area contributed by atoms with E-state index in [4.69, 9.17) is 6.42 Å². The van der Waals surface area contributed by atoms with E-state index in [1.807, 2.05) is 18.2 Å². The molecule has 0 spiro atoms. The van der Waals surface area contributed by atoms with Gasteiger partial charge in [0.1, 0.15) is 0 Å². The Balaban J connectivity index is 1.93. The summed E-state index contributed by atoms with van der Waals surface area (Å²) in [6, 6.07) is 5.86. The molecule has 1 amide bonds. The second-order valence-electron chi connectivity index (χ2n) is 4.15. The van der Waals surface area contributed by atoms with Crippen LogP contribution in [0.25, 0.3) is 0 Å². The first kappa shape index (κ1) is 11.7. The number of benzene rings is 1. The van der Waals surface area contributed by atoms with E-state index in [9.17, 15) is 4.79 Å². The molecule has 1 aliphatic heterocycles. The Bertz CT molecular complexity index is 460. The molecule has 3 nitrogen and oxygen atoms in total. The van der Waals surface area contributed by atoms with Crippen molar-refractivity contribution in [3.05, 3.63) is 34.9 Å². The highest BCUT2D eigenvalue weighted by molar-refractivity contribution is 5.94. The van der Waals surface area contributed by atoms with Crippen molar-refractivity contribution in [2.75, 3.05) is 6.54 Å². The van der Waals surface area contributed by atoms with Crippen molar-refractivity contribution in [2.45, 2.75) is 25.9 Å². The molecule has 0 fully saturated rings. The van der Waals surface area contributed by atoms with Gasteiger partial charge in [0.2, 0.25) is 0 Å². The number of amides is 1. The molecule has 0 bridgehead atoms. The second-order valence-corrected chi connectivity index (χ2v) is 4.15. The predicted molar refractivity (Wildman–Crippen MR) is 67.4 cm³/mol. The van der Waals surface area contributed by atoms with Gasteiger partial charge in [-0.15, -0.1) is 12.3 Å². The molecular formula is C14H16N2O. The van der Waals surface area contributed by atoms with Gasteiger partial charge in [-0.25, -0.2) is 0 Å². The molecule has 0 saturated heterocycles. The van der Waals surface area contributed by atoms with Crippen LogP contribution in [0.2, 0.25) is 0 Å². The summed E-state index contributed by atoms with van der Waals surface area (Å²) < 4.78 is 0. The molecule has 1 aliphatic rings. The van der Waals surface area contributed by atoms with Gasteiger partial charge in [-0.3, -0.25) is 4.79 Å². The van der Waals surface area contributed by atoms with Gasteiger partial charge < -0.3 is 10.6 Å². The molecule has 0 atom stereocenters. The molecule has 3 heteroatoms. The van der Waals surface area contributed by atoms with Crippen LogP contribution in [0, 0.1) is 12.3 Å². The van der Waals surface area contributed by atoms with Crippen molar-refractivity contribution >= 4 is 5.91 Å². The third-order valence-electron chi connectivity index (χ3n) is 2.88. The minimum absolute atomic E-state index is 0.0169. The van der Waals surface area contributed by atoms with Crippen LogP contribution in [-0.4, -0.2) is 12.5 Å². The highest BCUT2D eigenvalue weighted by Gasteiger charge is 2.12. The fraction of sp³-hybridized carbons (Fsp3) is 0.357. The zero-order valence-corrected chi connectivity index (χ0v) is 9.75. The number of hydrogen-bond acceptors (Lipinski definition) is 2. The van der Waals surface area contributed by atoms with Gasteiger partial charge in [0.15, 0.2) is 0 Å². The Morgan fingerprint density at radius 2 is 2.24 bits per heavy atom. The molecule has 0 radical (unpaired) electrons. The van der Waals surface area contributed by atoms with Gasteiger partial charge in [0.25, 0.3) is 5.91 Å². The molecule has 2 rings (SSSR count). The topological polar surface area (TPSA) is 41.1 Å². The smallest absolute Gasteiger partial charge is 0.251 e. The number of rotatable bonds is 4. The number of unbranched alkanes of at least 4 members (excludes halogenated alkanes) is 1. The fourth-order valence-electron chi connectivity index (χ4n) is 1.93. The summed E-state index contributed by atoms with van der Waals surface area (Å²) in [7, 11) is 0. The average Bonchev–Trinajstić information content (AvgIpc) is 2.81. The lowest BCUT2D eigenvalue weighted by atomic mass is 10.1. The normalized spacial score (nSPS) is 12.9. The third-order valence-corrected chi connectivity index (χ3v) is 2.88. The number of carbonyl (C=O) groups excluding carboxylic acids is 1. The van der Waals surface area contributed by atoms with E-state index >= 15 is 0 Å². The summed E-state index contributed by atoms with van der Waals surface area (Å²) in [5.41, 5.74) is 3.24. The maximum absolute atomic E-state index is 11.8.